The maximum absolute atomic E-state index is 12.4. The molecular weight excluding hydrogens is 406 g/mol. The van der Waals surface area contributed by atoms with Gasteiger partial charge in [-0.25, -0.2) is 4.79 Å². The molecule has 2 aliphatic heterocycles. The van der Waals surface area contributed by atoms with Crippen molar-refractivity contribution in [1.29, 1.82) is 0 Å². The van der Waals surface area contributed by atoms with E-state index >= 15 is 0 Å². The lowest BCUT2D eigenvalue weighted by molar-refractivity contribution is -0.151. The number of ether oxygens (including phenoxy) is 1. The van der Waals surface area contributed by atoms with Crippen LogP contribution in [0.25, 0.3) is 0 Å². The van der Waals surface area contributed by atoms with E-state index in [2.05, 4.69) is 10.5 Å². The summed E-state index contributed by atoms with van der Waals surface area (Å²) < 4.78 is 4.80. The maximum Gasteiger partial charge on any atom is 0.352 e. The monoisotopic (exact) mass is 419 g/mol. The summed E-state index contributed by atoms with van der Waals surface area (Å²) in [6, 6.07) is -3.01. The molecule has 0 spiro atoms. The van der Waals surface area contributed by atoms with Crippen molar-refractivity contribution in [2.24, 2.45) is 5.18 Å². The van der Waals surface area contributed by atoms with Crippen molar-refractivity contribution < 1.29 is 33.8 Å². The van der Waals surface area contributed by atoms with E-state index in [0.717, 1.165) is 16.7 Å². The molecule has 1 saturated heterocycles. The summed E-state index contributed by atoms with van der Waals surface area (Å²) in [7, 11) is 0. The Hall–Kier alpha value is -2.47. The summed E-state index contributed by atoms with van der Waals surface area (Å²) in [5, 5.41) is 13.3. The Morgan fingerprint density at radius 1 is 1.44 bits per heavy atom. The third-order valence-corrected chi connectivity index (χ3v) is 5.39. The second-order valence-corrected chi connectivity index (χ2v) is 6.91. The summed E-state index contributed by atoms with van der Waals surface area (Å²) in [6.45, 7) is 0.887. The van der Waals surface area contributed by atoms with Crippen LogP contribution in [0.3, 0.4) is 0 Å². The predicted octanol–water partition coefficient (Wildman–Crippen LogP) is -0.769. The second kappa shape index (κ2) is 8.48. The average molecular weight is 420 g/mol. The van der Waals surface area contributed by atoms with Gasteiger partial charge in [0.25, 0.3) is 11.8 Å². The molecule has 0 aromatic heterocycles. The van der Waals surface area contributed by atoms with Gasteiger partial charge in [0, 0.05) is 18.2 Å². The van der Waals surface area contributed by atoms with Crippen molar-refractivity contribution in [3.8, 4) is 0 Å². The molecule has 0 bridgehead atoms. The number of esters is 1. The highest BCUT2D eigenvalue weighted by atomic mass is 35.5. The van der Waals surface area contributed by atoms with E-state index < -0.39 is 52.9 Å². The van der Waals surface area contributed by atoms with Crippen LogP contribution in [0.1, 0.15) is 6.92 Å². The molecule has 13 heteroatoms. The first-order valence-corrected chi connectivity index (χ1v) is 9.06. The number of nitroso groups, excluding NO2 is 1. The van der Waals surface area contributed by atoms with Crippen molar-refractivity contribution in [2.75, 3.05) is 18.2 Å². The summed E-state index contributed by atoms with van der Waals surface area (Å²) in [5.74, 6) is -5.17. The Morgan fingerprint density at radius 2 is 2.11 bits per heavy atom. The van der Waals surface area contributed by atoms with E-state index in [-0.39, 0.29) is 23.6 Å². The number of Topliss-reactive ketones (excluding diaryl/α,β-unsaturated/α-hetero) is 1. The number of nitrogens with zero attached hydrogens (tertiary/aromatic N) is 2. The highest BCUT2D eigenvalue weighted by molar-refractivity contribution is 8.00. The van der Waals surface area contributed by atoms with Crippen LogP contribution in [-0.4, -0.2) is 75.2 Å². The van der Waals surface area contributed by atoms with E-state index in [1.807, 2.05) is 0 Å². The second-order valence-electron chi connectivity index (χ2n) is 5.54. The van der Waals surface area contributed by atoms with Crippen LogP contribution in [-0.2, 0) is 28.7 Å². The fourth-order valence-electron chi connectivity index (χ4n) is 2.54. The molecule has 146 valence electrons. The number of nitrogens with one attached hydrogen (secondary N) is 1. The van der Waals surface area contributed by atoms with Gasteiger partial charge in [-0.2, -0.15) is 0 Å². The van der Waals surface area contributed by atoms with Gasteiger partial charge >= 0.3 is 11.9 Å². The molecule has 1 fully saturated rings. The Bertz CT molecular complexity index is 755. The summed E-state index contributed by atoms with van der Waals surface area (Å²) in [4.78, 5) is 69.9. The largest absolute Gasteiger partial charge is 0.477 e. The number of fused-ring (bicyclic) bond motifs is 1. The van der Waals surface area contributed by atoms with Gasteiger partial charge in [0.1, 0.15) is 23.7 Å². The van der Waals surface area contributed by atoms with Gasteiger partial charge in [0.2, 0.25) is 6.04 Å². The van der Waals surface area contributed by atoms with Gasteiger partial charge in [0.05, 0.1) is 5.88 Å². The van der Waals surface area contributed by atoms with Crippen LogP contribution in [0, 0.1) is 4.91 Å². The Labute approximate surface area is 161 Å². The Balaban J connectivity index is 2.16. The molecule has 2 aliphatic rings. The van der Waals surface area contributed by atoms with Crippen LogP contribution in [0.2, 0.25) is 0 Å². The first kappa shape index (κ1) is 20.8. The third-order valence-electron chi connectivity index (χ3n) is 3.79. The number of rotatable bonds is 8. The van der Waals surface area contributed by atoms with E-state index in [1.165, 1.54) is 6.92 Å². The normalized spacial score (nSPS) is 22.3. The Kier molecular flexibility index (Phi) is 6.54. The number of amides is 2. The number of β-lactam (4-membered cyclic amide) rings is 1. The zero-order chi connectivity index (χ0) is 20.3. The molecule has 0 radical (unpaired) electrons. The molecular formula is C14H14ClN3O8S. The molecule has 2 N–H and O–H groups in total. The molecule has 27 heavy (non-hydrogen) atoms. The van der Waals surface area contributed by atoms with Crippen molar-refractivity contribution in [3.63, 3.8) is 0 Å². The lowest BCUT2D eigenvalue weighted by Crippen LogP contribution is -2.71. The molecule has 2 amide bonds. The molecule has 3 atom stereocenters. The fourth-order valence-corrected chi connectivity index (χ4v) is 4.01. The molecule has 11 nitrogen and oxygen atoms in total. The zero-order valence-electron chi connectivity index (χ0n) is 13.8. The summed E-state index contributed by atoms with van der Waals surface area (Å²) in [6.07, 6.45) is 0. The van der Waals surface area contributed by atoms with Crippen LogP contribution in [0.5, 0.6) is 0 Å². The molecule has 0 aromatic rings. The van der Waals surface area contributed by atoms with E-state index in [9.17, 15) is 34.0 Å². The topological polar surface area (TPSA) is 160 Å². The van der Waals surface area contributed by atoms with Gasteiger partial charge in [-0.3, -0.25) is 24.1 Å². The molecule has 0 aromatic carbocycles. The van der Waals surface area contributed by atoms with Gasteiger partial charge in [-0.05, 0) is 5.18 Å². The first-order valence-electron chi connectivity index (χ1n) is 7.47. The number of carboxylic acid groups (broad SMARTS) is 1. The van der Waals surface area contributed by atoms with Gasteiger partial charge in [-0.1, -0.05) is 0 Å². The highest BCUT2D eigenvalue weighted by Gasteiger charge is 2.54. The fraction of sp³-hybridized carbons (Fsp3) is 0.500. The van der Waals surface area contributed by atoms with Gasteiger partial charge in [-0.15, -0.1) is 28.3 Å². The number of ketones is 1. The van der Waals surface area contributed by atoms with Crippen LogP contribution in [0.15, 0.2) is 16.4 Å². The number of carbonyl (C=O) groups is 5. The zero-order valence-corrected chi connectivity index (χ0v) is 15.4. The molecule has 2 unspecified atom stereocenters. The quantitative estimate of drug-likeness (QED) is 0.169. The molecule has 0 saturated carbocycles. The van der Waals surface area contributed by atoms with Crippen LogP contribution >= 0.6 is 23.4 Å². The lowest BCUT2D eigenvalue weighted by atomic mass is 10.0. The lowest BCUT2D eigenvalue weighted by Gasteiger charge is -2.49. The minimum Gasteiger partial charge on any atom is -0.477 e. The van der Waals surface area contributed by atoms with E-state index in [1.54, 1.807) is 0 Å². The molecule has 2 rings (SSSR count). The SMILES string of the molecule is CC(=O)OCC1=C(C(=O)O)N2C(=O)C(NC(=O)C(N=O)C(=O)CCl)[C@@H]2SC1. The smallest absolute Gasteiger partial charge is 0.352 e. The highest BCUT2D eigenvalue weighted by Crippen LogP contribution is 2.40. The van der Waals surface area contributed by atoms with Crippen molar-refractivity contribution in [3.05, 3.63) is 16.2 Å². The number of hydrogen-bond donors (Lipinski definition) is 2. The number of aliphatic carboxylic acids is 1. The minimum absolute atomic E-state index is 0.145. The van der Waals surface area contributed by atoms with E-state index in [4.69, 9.17) is 16.3 Å². The number of alkyl halides is 1. The molecule has 2 heterocycles. The predicted molar refractivity (Wildman–Crippen MR) is 91.6 cm³/mol. The van der Waals surface area contributed by atoms with Gasteiger partial charge in [0.15, 0.2) is 5.78 Å². The standard InChI is InChI=1S/C14H14ClN3O8S/c1-5(19)26-3-6-4-27-13-9(12(22)18(13)10(6)14(23)24)16-11(21)8(17-25)7(20)2-15/h8-9,13H,2-4H2,1H3,(H,16,21)(H,23,24)/t8?,9?,13-/m0/s1. The number of thioether (sulfide) groups is 1. The summed E-state index contributed by atoms with van der Waals surface area (Å²) in [5.41, 5.74) is -0.0841. The van der Waals surface area contributed by atoms with Crippen LogP contribution in [0.4, 0.5) is 0 Å². The number of carbonyl (C=O) groups excluding carboxylic acids is 4. The number of hydrogen-bond acceptors (Lipinski definition) is 9. The van der Waals surface area contributed by atoms with Crippen molar-refractivity contribution >= 4 is 52.9 Å². The van der Waals surface area contributed by atoms with E-state index in [0.29, 0.717) is 0 Å². The molecule has 0 aliphatic carbocycles. The summed E-state index contributed by atoms with van der Waals surface area (Å²) >= 11 is 6.44. The van der Waals surface area contributed by atoms with Gasteiger partial charge < -0.3 is 15.2 Å². The van der Waals surface area contributed by atoms with Crippen molar-refractivity contribution in [2.45, 2.75) is 24.4 Å². The van der Waals surface area contributed by atoms with Crippen LogP contribution < -0.4 is 5.32 Å². The number of halogens is 1. The maximum atomic E-state index is 12.4. The minimum atomic E-state index is -1.88. The third kappa shape index (κ3) is 4.11. The average Bonchev–Trinajstić information content (AvgIpc) is 2.63. The van der Waals surface area contributed by atoms with Crippen molar-refractivity contribution in [1.82, 2.24) is 10.2 Å². The Morgan fingerprint density at radius 3 is 2.63 bits per heavy atom. The number of carboxylic acids is 1. The first-order chi connectivity index (χ1) is 12.7.